The molecule has 1 amide bonds. The van der Waals surface area contributed by atoms with Crippen molar-refractivity contribution in [1.29, 1.82) is 0 Å². The number of nitrogens with zero attached hydrogens (tertiary/aromatic N) is 1. The molecule has 0 radical (unpaired) electrons. The molecule has 0 saturated heterocycles. The molecule has 41 heavy (non-hydrogen) atoms. The number of ether oxygens (including phenoxy) is 1. The Labute approximate surface area is 253 Å². The number of nitrogens with one attached hydrogen (secondary N) is 1. The Morgan fingerprint density at radius 3 is 1.66 bits per heavy atom. The van der Waals surface area contributed by atoms with Crippen LogP contribution in [-0.2, 0) is 23.1 Å². The highest BCUT2D eigenvalue weighted by molar-refractivity contribution is 7.45. The number of carbonyl (C=O) groups is 1. The normalized spacial score (nSPS) is 14.2. The van der Waals surface area contributed by atoms with Gasteiger partial charge >= 0.3 is 0 Å². The summed E-state index contributed by atoms with van der Waals surface area (Å²) >= 11 is 0. The van der Waals surface area contributed by atoms with Gasteiger partial charge in [-0.1, -0.05) is 123 Å². The molecule has 0 aliphatic rings. The molecule has 0 bridgehead atoms. The van der Waals surface area contributed by atoms with Gasteiger partial charge in [0.2, 0.25) is 5.91 Å². The van der Waals surface area contributed by atoms with Crippen molar-refractivity contribution in [1.82, 2.24) is 5.32 Å². The largest absolute Gasteiger partial charge is 0.756 e. The predicted molar refractivity (Wildman–Crippen MR) is 169 cm³/mol. The zero-order chi connectivity index (χ0) is 30.7. The maximum atomic E-state index is 12.4. The maximum Gasteiger partial charge on any atom is 0.268 e. The Morgan fingerprint density at radius 1 is 0.707 bits per heavy atom. The molecule has 246 valence electrons. The summed E-state index contributed by atoms with van der Waals surface area (Å²) in [6.07, 6.45) is 23.2. The number of amides is 1. The molecule has 8 nitrogen and oxygen atoms in total. The Bertz CT molecular complexity index is 644. The molecular formula is C32H67N2O6P. The van der Waals surface area contributed by atoms with E-state index >= 15 is 0 Å². The molecule has 9 heteroatoms. The molecular weight excluding hydrogens is 539 g/mol. The van der Waals surface area contributed by atoms with Gasteiger partial charge in [0.15, 0.2) is 0 Å². The quantitative estimate of drug-likeness (QED) is 0.0498. The number of rotatable bonds is 31. The van der Waals surface area contributed by atoms with Gasteiger partial charge in [-0.3, -0.25) is 9.36 Å². The van der Waals surface area contributed by atoms with Gasteiger partial charge in [-0.25, -0.2) is 0 Å². The third-order valence-electron chi connectivity index (χ3n) is 7.32. The summed E-state index contributed by atoms with van der Waals surface area (Å²) in [4.78, 5) is 24.7. The standard InChI is InChI=1S/C32H67N2O6P/c1-6-8-10-12-14-16-18-20-22-24-27-38-31(30-40-41(36,37)39-28-26-34(3,4)5)29-33-32(35)25-23-21-19-17-15-13-11-9-7-2/h31H,6-30H2,1-5H3,(H-,33,35,36,37). The van der Waals surface area contributed by atoms with Crippen LogP contribution < -0.4 is 10.2 Å². The lowest BCUT2D eigenvalue weighted by molar-refractivity contribution is -0.870. The van der Waals surface area contributed by atoms with Crippen LogP contribution in [0.15, 0.2) is 0 Å². The van der Waals surface area contributed by atoms with E-state index in [1.165, 1.54) is 96.3 Å². The average Bonchev–Trinajstić information content (AvgIpc) is 2.91. The van der Waals surface area contributed by atoms with Crippen molar-refractivity contribution >= 4 is 13.7 Å². The SMILES string of the molecule is CCCCCCCCCCCCOC(CNC(=O)CCCCCCCCCCC)COP(=O)([O-])OCC[N+](C)(C)C. The molecule has 1 N–H and O–H groups in total. The monoisotopic (exact) mass is 606 g/mol. The number of phosphoric ester groups is 1. The number of unbranched alkanes of at least 4 members (excludes halogenated alkanes) is 17. The van der Waals surface area contributed by atoms with Crippen LogP contribution >= 0.6 is 7.82 Å². The highest BCUT2D eigenvalue weighted by Crippen LogP contribution is 2.38. The van der Waals surface area contributed by atoms with Crippen molar-refractivity contribution < 1.29 is 32.5 Å². The van der Waals surface area contributed by atoms with Gasteiger partial charge in [-0.15, -0.1) is 0 Å². The second-order valence-electron chi connectivity index (χ2n) is 12.6. The summed E-state index contributed by atoms with van der Waals surface area (Å²) in [5.41, 5.74) is 0. The average molecular weight is 607 g/mol. The number of hydrogen-bond donors (Lipinski definition) is 1. The first kappa shape index (κ1) is 40.5. The van der Waals surface area contributed by atoms with E-state index in [2.05, 4.69) is 19.2 Å². The highest BCUT2D eigenvalue weighted by atomic mass is 31.2. The fourth-order valence-corrected chi connectivity index (χ4v) is 5.28. The van der Waals surface area contributed by atoms with E-state index in [1.54, 1.807) is 0 Å². The van der Waals surface area contributed by atoms with Crippen molar-refractivity contribution in [3.05, 3.63) is 0 Å². The Morgan fingerprint density at radius 2 is 1.17 bits per heavy atom. The third kappa shape index (κ3) is 30.8. The fraction of sp³-hybridized carbons (Fsp3) is 0.969. The number of carbonyl (C=O) groups excluding carboxylic acids is 1. The van der Waals surface area contributed by atoms with E-state index in [1.807, 2.05) is 21.1 Å². The predicted octanol–water partition coefficient (Wildman–Crippen LogP) is 7.54. The van der Waals surface area contributed by atoms with Crippen LogP contribution in [0.1, 0.15) is 142 Å². The Balaban J connectivity index is 4.34. The van der Waals surface area contributed by atoms with Gasteiger partial charge in [0, 0.05) is 19.6 Å². The van der Waals surface area contributed by atoms with Crippen molar-refractivity contribution in [2.45, 2.75) is 148 Å². The van der Waals surface area contributed by atoms with Crippen LogP contribution in [0.2, 0.25) is 0 Å². The fourth-order valence-electron chi connectivity index (χ4n) is 4.56. The number of quaternary nitrogens is 1. The molecule has 2 unspecified atom stereocenters. The summed E-state index contributed by atoms with van der Waals surface area (Å²) in [6, 6.07) is 0. The van der Waals surface area contributed by atoms with Gasteiger partial charge in [0.05, 0.1) is 33.9 Å². The minimum absolute atomic E-state index is 0.0232. The van der Waals surface area contributed by atoms with E-state index in [0.29, 0.717) is 24.1 Å². The van der Waals surface area contributed by atoms with Crippen LogP contribution in [0.4, 0.5) is 0 Å². The van der Waals surface area contributed by atoms with Crippen LogP contribution in [0.25, 0.3) is 0 Å². The lowest BCUT2D eigenvalue weighted by Crippen LogP contribution is -2.38. The minimum Gasteiger partial charge on any atom is -0.756 e. The van der Waals surface area contributed by atoms with Gasteiger partial charge < -0.3 is 28.5 Å². The van der Waals surface area contributed by atoms with Gasteiger partial charge in [-0.2, -0.15) is 0 Å². The summed E-state index contributed by atoms with van der Waals surface area (Å²) in [5, 5.41) is 2.92. The Kier molecular flexibility index (Phi) is 26.7. The van der Waals surface area contributed by atoms with Gasteiger partial charge in [0.1, 0.15) is 13.2 Å². The highest BCUT2D eigenvalue weighted by Gasteiger charge is 2.18. The van der Waals surface area contributed by atoms with Crippen molar-refractivity contribution in [2.75, 3.05) is 54.1 Å². The van der Waals surface area contributed by atoms with E-state index in [9.17, 15) is 14.3 Å². The van der Waals surface area contributed by atoms with Crippen LogP contribution in [0, 0.1) is 0 Å². The maximum absolute atomic E-state index is 12.4. The second kappa shape index (κ2) is 27.1. The van der Waals surface area contributed by atoms with Gasteiger partial charge in [0.25, 0.3) is 7.82 Å². The topological polar surface area (TPSA) is 96.9 Å². The van der Waals surface area contributed by atoms with Crippen LogP contribution in [0.3, 0.4) is 0 Å². The van der Waals surface area contributed by atoms with Gasteiger partial charge in [-0.05, 0) is 12.8 Å². The summed E-state index contributed by atoms with van der Waals surface area (Å²) in [7, 11) is 1.46. The van der Waals surface area contributed by atoms with Crippen LogP contribution in [-0.4, -0.2) is 70.5 Å². The molecule has 0 aliphatic heterocycles. The van der Waals surface area contributed by atoms with Crippen molar-refractivity contribution in [3.8, 4) is 0 Å². The van der Waals surface area contributed by atoms with Crippen LogP contribution in [0.5, 0.6) is 0 Å². The smallest absolute Gasteiger partial charge is 0.268 e. The lowest BCUT2D eigenvalue weighted by Gasteiger charge is -2.28. The molecule has 0 spiro atoms. The first-order chi connectivity index (χ1) is 19.6. The summed E-state index contributed by atoms with van der Waals surface area (Å²) < 4.78 is 29.0. The molecule has 0 aromatic rings. The second-order valence-corrected chi connectivity index (χ2v) is 14.1. The zero-order valence-corrected chi connectivity index (χ0v) is 28.5. The molecule has 0 aromatic carbocycles. The summed E-state index contributed by atoms with van der Waals surface area (Å²) in [5.74, 6) is -0.0232. The molecule has 0 aliphatic carbocycles. The Hall–Kier alpha value is -0.500. The molecule has 0 aromatic heterocycles. The van der Waals surface area contributed by atoms with Crippen molar-refractivity contribution in [3.63, 3.8) is 0 Å². The molecule has 0 saturated carbocycles. The zero-order valence-electron chi connectivity index (χ0n) is 27.6. The summed E-state index contributed by atoms with van der Waals surface area (Å²) in [6.45, 7) is 5.66. The lowest BCUT2D eigenvalue weighted by atomic mass is 10.1. The molecule has 0 fully saturated rings. The van der Waals surface area contributed by atoms with E-state index in [-0.39, 0.29) is 25.7 Å². The van der Waals surface area contributed by atoms with E-state index in [4.69, 9.17) is 13.8 Å². The van der Waals surface area contributed by atoms with E-state index < -0.39 is 13.9 Å². The molecule has 2 atom stereocenters. The molecule has 0 heterocycles. The first-order valence-corrected chi connectivity index (χ1v) is 18.3. The number of likely N-dealkylation sites (N-methyl/N-ethyl adjacent to an activating group) is 1. The molecule has 0 rings (SSSR count). The number of hydrogen-bond acceptors (Lipinski definition) is 6. The van der Waals surface area contributed by atoms with E-state index in [0.717, 1.165) is 25.7 Å². The third-order valence-corrected chi connectivity index (χ3v) is 8.28. The van der Waals surface area contributed by atoms with Crippen molar-refractivity contribution in [2.24, 2.45) is 0 Å². The number of phosphoric acid groups is 1. The first-order valence-electron chi connectivity index (χ1n) is 16.9. The minimum atomic E-state index is -4.44.